The zero-order chi connectivity index (χ0) is 19.5. The number of para-hydroxylation sites is 1. The second kappa shape index (κ2) is 8.12. The number of rotatable bonds is 6. The molecule has 2 heterocycles. The molecule has 0 bridgehead atoms. The number of benzene rings is 2. The van der Waals surface area contributed by atoms with Gasteiger partial charge in [0.1, 0.15) is 5.01 Å². The van der Waals surface area contributed by atoms with Gasteiger partial charge in [-0.2, -0.15) is 0 Å². The van der Waals surface area contributed by atoms with Gasteiger partial charge in [-0.05, 0) is 31.2 Å². The number of aryl methyl sites for hydroxylation is 1. The van der Waals surface area contributed by atoms with Crippen molar-refractivity contribution in [2.45, 2.75) is 18.7 Å². The third-order valence-corrected chi connectivity index (χ3v) is 5.95. The summed E-state index contributed by atoms with van der Waals surface area (Å²) in [6.45, 7) is 2.49. The van der Waals surface area contributed by atoms with Gasteiger partial charge in [0.25, 0.3) is 5.22 Å². The van der Waals surface area contributed by atoms with Crippen LogP contribution < -0.4 is 0 Å². The maximum absolute atomic E-state index is 12.4. The molecule has 0 fully saturated rings. The average Bonchev–Trinajstić information content (AvgIpc) is 3.32. The highest BCUT2D eigenvalue weighted by Gasteiger charge is 2.15. The molecule has 1 amide bonds. The van der Waals surface area contributed by atoms with Gasteiger partial charge in [-0.3, -0.25) is 4.79 Å². The molecule has 0 spiro atoms. The van der Waals surface area contributed by atoms with E-state index in [9.17, 15) is 4.79 Å². The third-order valence-electron chi connectivity index (χ3n) is 4.13. The van der Waals surface area contributed by atoms with Crippen molar-refractivity contribution < 1.29 is 9.21 Å². The molecule has 0 aliphatic heterocycles. The van der Waals surface area contributed by atoms with E-state index in [0.717, 1.165) is 26.4 Å². The number of hydrogen-bond acceptors (Lipinski definition) is 7. The minimum absolute atomic E-state index is 0.0143. The van der Waals surface area contributed by atoms with Crippen molar-refractivity contribution in [2.75, 3.05) is 12.8 Å². The Morgan fingerprint density at radius 1 is 1.18 bits per heavy atom. The second-order valence-electron chi connectivity index (χ2n) is 6.36. The van der Waals surface area contributed by atoms with Gasteiger partial charge >= 0.3 is 0 Å². The summed E-state index contributed by atoms with van der Waals surface area (Å²) in [5.74, 6) is 0.678. The Morgan fingerprint density at radius 2 is 2.04 bits per heavy atom. The average molecular weight is 411 g/mol. The van der Waals surface area contributed by atoms with E-state index in [1.165, 1.54) is 11.8 Å². The van der Waals surface area contributed by atoms with Crippen molar-refractivity contribution in [3.05, 3.63) is 59.1 Å². The highest BCUT2D eigenvalue weighted by atomic mass is 32.2. The summed E-state index contributed by atoms with van der Waals surface area (Å²) in [6, 6.07) is 15.8. The monoisotopic (exact) mass is 410 g/mol. The highest BCUT2D eigenvalue weighted by Crippen LogP contribution is 2.25. The molecule has 2 aromatic heterocycles. The van der Waals surface area contributed by atoms with Gasteiger partial charge < -0.3 is 9.32 Å². The van der Waals surface area contributed by atoms with Crippen molar-refractivity contribution in [3.63, 3.8) is 0 Å². The van der Waals surface area contributed by atoms with E-state index in [1.54, 1.807) is 23.3 Å². The van der Waals surface area contributed by atoms with E-state index in [2.05, 4.69) is 15.2 Å². The predicted molar refractivity (Wildman–Crippen MR) is 111 cm³/mol. The lowest BCUT2D eigenvalue weighted by molar-refractivity contribution is -0.127. The van der Waals surface area contributed by atoms with Crippen LogP contribution in [-0.4, -0.2) is 38.8 Å². The molecule has 2 aromatic carbocycles. The van der Waals surface area contributed by atoms with Gasteiger partial charge in [-0.1, -0.05) is 41.6 Å². The Labute approximate surface area is 170 Å². The molecule has 0 atom stereocenters. The number of thiazole rings is 1. The van der Waals surface area contributed by atoms with Crippen LogP contribution in [0.25, 0.3) is 21.7 Å². The van der Waals surface area contributed by atoms with E-state index in [4.69, 9.17) is 4.42 Å². The first kappa shape index (κ1) is 18.6. The van der Waals surface area contributed by atoms with Gasteiger partial charge in [0.2, 0.25) is 11.8 Å². The Balaban J connectivity index is 1.35. The van der Waals surface area contributed by atoms with Crippen LogP contribution >= 0.6 is 23.1 Å². The van der Waals surface area contributed by atoms with E-state index < -0.39 is 0 Å². The predicted octanol–water partition coefficient (Wildman–Crippen LogP) is 4.41. The Bertz CT molecular complexity index is 1090. The molecule has 0 saturated carbocycles. The van der Waals surface area contributed by atoms with E-state index in [0.29, 0.717) is 17.7 Å². The standard InChI is InChI=1S/C20H18N4O2S2/c1-13-6-5-7-14(10-13)19-22-23-20(26-19)27-12-18(25)24(2)11-17-21-15-8-3-4-9-16(15)28-17/h3-10H,11-12H2,1-2H3. The molecule has 8 heteroatoms. The molecule has 4 aromatic rings. The lowest BCUT2D eigenvalue weighted by atomic mass is 10.1. The van der Waals surface area contributed by atoms with Crippen molar-refractivity contribution in [2.24, 2.45) is 0 Å². The number of fused-ring (bicyclic) bond motifs is 1. The number of aromatic nitrogens is 3. The maximum Gasteiger partial charge on any atom is 0.277 e. The zero-order valence-electron chi connectivity index (χ0n) is 15.5. The molecular formula is C20H18N4O2S2. The van der Waals surface area contributed by atoms with Crippen molar-refractivity contribution in [1.29, 1.82) is 0 Å². The summed E-state index contributed by atoms with van der Waals surface area (Å²) in [5.41, 5.74) is 2.96. The number of carbonyl (C=O) groups excluding carboxylic acids is 1. The van der Waals surface area contributed by atoms with Crippen molar-refractivity contribution >= 4 is 39.2 Å². The highest BCUT2D eigenvalue weighted by molar-refractivity contribution is 7.99. The van der Waals surface area contributed by atoms with Gasteiger partial charge in [-0.25, -0.2) is 4.98 Å². The third kappa shape index (κ3) is 4.23. The van der Waals surface area contributed by atoms with Gasteiger partial charge in [-0.15, -0.1) is 21.5 Å². The number of hydrogen-bond donors (Lipinski definition) is 0. The first-order valence-electron chi connectivity index (χ1n) is 8.70. The summed E-state index contributed by atoms with van der Waals surface area (Å²) < 4.78 is 6.80. The largest absolute Gasteiger partial charge is 0.411 e. The molecule has 0 aliphatic rings. The number of nitrogens with zero attached hydrogens (tertiary/aromatic N) is 4. The fourth-order valence-electron chi connectivity index (χ4n) is 2.68. The fourth-order valence-corrected chi connectivity index (χ4v) is 4.40. The molecule has 6 nitrogen and oxygen atoms in total. The molecule has 142 valence electrons. The van der Waals surface area contributed by atoms with Crippen LogP contribution in [0.3, 0.4) is 0 Å². The lowest BCUT2D eigenvalue weighted by Gasteiger charge is -2.14. The van der Waals surface area contributed by atoms with E-state index >= 15 is 0 Å². The Hall–Kier alpha value is -2.71. The summed E-state index contributed by atoms with van der Waals surface area (Å²) in [7, 11) is 1.78. The molecule has 0 radical (unpaired) electrons. The van der Waals surface area contributed by atoms with E-state index in [1.807, 2.05) is 55.5 Å². The van der Waals surface area contributed by atoms with Crippen LogP contribution in [0.15, 0.2) is 58.2 Å². The molecular weight excluding hydrogens is 392 g/mol. The number of carbonyl (C=O) groups is 1. The topological polar surface area (TPSA) is 72.1 Å². The van der Waals surface area contributed by atoms with Gasteiger partial charge in [0.15, 0.2) is 0 Å². The normalized spacial score (nSPS) is 11.1. The minimum atomic E-state index is -0.0143. The molecule has 0 aliphatic carbocycles. The summed E-state index contributed by atoms with van der Waals surface area (Å²) in [5, 5.41) is 9.41. The number of thioether (sulfide) groups is 1. The van der Waals surface area contributed by atoms with Gasteiger partial charge in [0, 0.05) is 12.6 Å². The fraction of sp³-hybridized carbons (Fsp3) is 0.200. The van der Waals surface area contributed by atoms with Crippen LogP contribution in [0.5, 0.6) is 0 Å². The van der Waals surface area contributed by atoms with E-state index in [-0.39, 0.29) is 11.7 Å². The summed E-state index contributed by atoms with van der Waals surface area (Å²) in [6.07, 6.45) is 0. The van der Waals surface area contributed by atoms with Crippen LogP contribution in [0.2, 0.25) is 0 Å². The van der Waals surface area contributed by atoms with Crippen molar-refractivity contribution in [1.82, 2.24) is 20.1 Å². The molecule has 4 rings (SSSR count). The smallest absolute Gasteiger partial charge is 0.277 e. The molecule has 0 N–H and O–H groups in total. The lowest BCUT2D eigenvalue weighted by Crippen LogP contribution is -2.27. The Morgan fingerprint density at radius 3 is 2.86 bits per heavy atom. The summed E-state index contributed by atoms with van der Waals surface area (Å²) >= 11 is 2.85. The minimum Gasteiger partial charge on any atom is -0.411 e. The second-order valence-corrected chi connectivity index (χ2v) is 8.40. The Kier molecular flexibility index (Phi) is 5.40. The van der Waals surface area contributed by atoms with Crippen LogP contribution in [0.4, 0.5) is 0 Å². The van der Waals surface area contributed by atoms with Crippen LogP contribution in [-0.2, 0) is 11.3 Å². The SMILES string of the molecule is Cc1cccc(-c2nnc(SCC(=O)N(C)Cc3nc4ccccc4s3)o2)c1. The first-order chi connectivity index (χ1) is 13.6. The first-order valence-corrected chi connectivity index (χ1v) is 10.5. The quantitative estimate of drug-likeness (QED) is 0.439. The van der Waals surface area contributed by atoms with Crippen LogP contribution in [0, 0.1) is 6.92 Å². The van der Waals surface area contributed by atoms with Gasteiger partial charge in [0.05, 0.1) is 22.5 Å². The molecule has 28 heavy (non-hydrogen) atoms. The maximum atomic E-state index is 12.4. The van der Waals surface area contributed by atoms with Crippen molar-refractivity contribution in [3.8, 4) is 11.5 Å². The van der Waals surface area contributed by atoms with Crippen LogP contribution in [0.1, 0.15) is 10.6 Å². The molecule has 0 saturated heterocycles. The number of amides is 1. The summed E-state index contributed by atoms with van der Waals surface area (Å²) in [4.78, 5) is 18.7. The molecule has 0 unspecified atom stereocenters. The zero-order valence-corrected chi connectivity index (χ0v) is 17.1.